The highest BCUT2D eigenvalue weighted by Crippen LogP contribution is 2.16. The smallest absolute Gasteiger partial charge is 0.387 e. The normalized spacial score (nSPS) is 12.0. The molecule has 5 heteroatoms. The van der Waals surface area contributed by atoms with Gasteiger partial charge in [0, 0.05) is 6.42 Å². The molecule has 0 spiro atoms. The van der Waals surface area contributed by atoms with E-state index in [1.807, 2.05) is 37.3 Å². The monoisotopic (exact) mass is 319 g/mol. The van der Waals surface area contributed by atoms with Crippen molar-refractivity contribution in [3.05, 3.63) is 65.7 Å². The van der Waals surface area contributed by atoms with Crippen molar-refractivity contribution in [3.63, 3.8) is 0 Å². The molecule has 1 atom stereocenters. The quantitative estimate of drug-likeness (QED) is 0.834. The first-order valence-corrected chi connectivity index (χ1v) is 7.42. The molecule has 23 heavy (non-hydrogen) atoms. The molecule has 1 N–H and O–H groups in total. The van der Waals surface area contributed by atoms with Crippen molar-refractivity contribution in [2.75, 3.05) is 0 Å². The molecule has 1 amide bonds. The van der Waals surface area contributed by atoms with E-state index in [1.165, 1.54) is 12.1 Å². The summed E-state index contributed by atoms with van der Waals surface area (Å²) < 4.78 is 28.4. The molecule has 2 rings (SSSR count). The number of alkyl halides is 2. The van der Waals surface area contributed by atoms with E-state index < -0.39 is 6.61 Å². The van der Waals surface area contributed by atoms with E-state index in [-0.39, 0.29) is 17.7 Å². The molecular weight excluding hydrogens is 300 g/mol. The van der Waals surface area contributed by atoms with Gasteiger partial charge in [0.2, 0.25) is 5.91 Å². The summed E-state index contributed by atoms with van der Waals surface area (Å²) >= 11 is 0. The Labute approximate surface area is 134 Å². The maximum Gasteiger partial charge on any atom is 0.387 e. The number of ether oxygens (including phenoxy) is 1. The zero-order chi connectivity index (χ0) is 16.7. The highest BCUT2D eigenvalue weighted by atomic mass is 19.3. The molecule has 3 nitrogen and oxygen atoms in total. The predicted molar refractivity (Wildman–Crippen MR) is 84.4 cm³/mol. The Hall–Kier alpha value is -2.43. The third-order valence-corrected chi connectivity index (χ3v) is 3.47. The second-order valence-electron chi connectivity index (χ2n) is 5.22. The van der Waals surface area contributed by atoms with Gasteiger partial charge in [0.1, 0.15) is 5.75 Å². The highest BCUT2D eigenvalue weighted by molar-refractivity contribution is 5.76. The number of benzene rings is 2. The molecule has 0 fully saturated rings. The number of aryl methyl sites for hydroxylation is 1. The zero-order valence-electron chi connectivity index (χ0n) is 12.8. The van der Waals surface area contributed by atoms with Crippen LogP contribution in [-0.4, -0.2) is 12.5 Å². The maximum atomic E-state index is 12.1. The summed E-state index contributed by atoms with van der Waals surface area (Å²) in [5.74, 6) is 0.0696. The first-order chi connectivity index (χ1) is 11.0. The Balaban J connectivity index is 1.80. The zero-order valence-corrected chi connectivity index (χ0v) is 12.8. The summed E-state index contributed by atoms with van der Waals surface area (Å²) in [6.45, 7) is -0.893. The van der Waals surface area contributed by atoms with Crippen molar-refractivity contribution in [1.82, 2.24) is 5.32 Å². The molecule has 0 saturated carbocycles. The van der Waals surface area contributed by atoms with Crippen LogP contribution in [0.2, 0.25) is 0 Å². The number of nitrogens with one attached hydrogen (secondary N) is 1. The van der Waals surface area contributed by atoms with Crippen LogP contribution in [0.4, 0.5) is 8.78 Å². The van der Waals surface area contributed by atoms with E-state index in [4.69, 9.17) is 0 Å². The first-order valence-electron chi connectivity index (χ1n) is 7.42. The molecule has 1 unspecified atom stereocenters. The average molecular weight is 319 g/mol. The summed E-state index contributed by atoms with van der Waals surface area (Å²) in [7, 11) is 0. The lowest BCUT2D eigenvalue weighted by Gasteiger charge is -2.14. The van der Waals surface area contributed by atoms with Crippen LogP contribution in [0.25, 0.3) is 0 Å². The minimum atomic E-state index is -2.83. The molecular formula is C18H19F2NO2. The van der Waals surface area contributed by atoms with Crippen LogP contribution in [0.15, 0.2) is 54.6 Å². The molecule has 0 aliphatic heterocycles. The number of amides is 1. The molecule has 0 aromatic heterocycles. The van der Waals surface area contributed by atoms with Crippen molar-refractivity contribution in [1.29, 1.82) is 0 Å². The molecule has 122 valence electrons. The lowest BCUT2D eigenvalue weighted by molar-refractivity contribution is -0.121. The fraction of sp³-hybridized carbons (Fsp3) is 0.278. The lowest BCUT2D eigenvalue weighted by Crippen LogP contribution is -2.26. The third kappa shape index (κ3) is 5.70. The first kappa shape index (κ1) is 16.9. The second-order valence-corrected chi connectivity index (χ2v) is 5.22. The van der Waals surface area contributed by atoms with Gasteiger partial charge < -0.3 is 10.1 Å². The maximum absolute atomic E-state index is 12.1. The predicted octanol–water partition coefficient (Wildman–Crippen LogP) is 4.10. The molecule has 0 bridgehead atoms. The van der Waals surface area contributed by atoms with E-state index in [9.17, 15) is 13.6 Å². The Kier molecular flexibility index (Phi) is 6.09. The van der Waals surface area contributed by atoms with E-state index in [0.717, 1.165) is 11.1 Å². The topological polar surface area (TPSA) is 38.3 Å². The molecule has 0 heterocycles. The van der Waals surface area contributed by atoms with Gasteiger partial charge in [0.15, 0.2) is 0 Å². The molecule has 2 aromatic carbocycles. The van der Waals surface area contributed by atoms with Gasteiger partial charge in [0.25, 0.3) is 0 Å². The summed E-state index contributed by atoms with van der Waals surface area (Å²) in [4.78, 5) is 12.0. The molecule has 0 radical (unpaired) electrons. The van der Waals surface area contributed by atoms with Gasteiger partial charge in [-0.15, -0.1) is 0 Å². The standard InChI is InChI=1S/C18H19F2NO2/c1-13(15-5-3-2-4-6-15)21-17(22)12-9-14-7-10-16(11-8-14)23-18(19)20/h2-8,10-11,13,18H,9,12H2,1H3,(H,21,22). The van der Waals surface area contributed by atoms with Crippen LogP contribution in [0, 0.1) is 0 Å². The molecule has 0 saturated heterocycles. The van der Waals surface area contributed by atoms with Crippen LogP contribution >= 0.6 is 0 Å². The van der Waals surface area contributed by atoms with E-state index in [0.29, 0.717) is 12.8 Å². The summed E-state index contributed by atoms with van der Waals surface area (Å²) in [6, 6.07) is 16.0. The van der Waals surface area contributed by atoms with Gasteiger partial charge in [-0.2, -0.15) is 8.78 Å². The Morgan fingerprint density at radius 3 is 2.35 bits per heavy atom. The van der Waals surface area contributed by atoms with Crippen molar-refractivity contribution in [2.24, 2.45) is 0 Å². The number of carbonyl (C=O) groups is 1. The van der Waals surface area contributed by atoms with E-state index in [1.54, 1.807) is 12.1 Å². The SMILES string of the molecule is CC(NC(=O)CCc1ccc(OC(F)F)cc1)c1ccccc1. The largest absolute Gasteiger partial charge is 0.435 e. The van der Waals surface area contributed by atoms with Crippen molar-refractivity contribution in [3.8, 4) is 5.75 Å². The van der Waals surface area contributed by atoms with Crippen molar-refractivity contribution >= 4 is 5.91 Å². The number of rotatable bonds is 7. The van der Waals surface area contributed by atoms with E-state index in [2.05, 4.69) is 10.1 Å². The summed E-state index contributed by atoms with van der Waals surface area (Å²) in [5, 5.41) is 2.94. The lowest BCUT2D eigenvalue weighted by atomic mass is 10.1. The van der Waals surface area contributed by atoms with Gasteiger partial charge >= 0.3 is 6.61 Å². The third-order valence-electron chi connectivity index (χ3n) is 3.47. The van der Waals surface area contributed by atoms with E-state index >= 15 is 0 Å². The average Bonchev–Trinajstić information content (AvgIpc) is 2.54. The minimum absolute atomic E-state index is 0.0470. The number of hydrogen-bond acceptors (Lipinski definition) is 2. The van der Waals surface area contributed by atoms with Crippen LogP contribution in [0.3, 0.4) is 0 Å². The van der Waals surface area contributed by atoms with Crippen LogP contribution in [-0.2, 0) is 11.2 Å². The molecule has 2 aromatic rings. The summed E-state index contributed by atoms with van der Waals surface area (Å²) in [5.41, 5.74) is 1.95. The Morgan fingerprint density at radius 2 is 1.74 bits per heavy atom. The number of carbonyl (C=O) groups excluding carboxylic acids is 1. The van der Waals surface area contributed by atoms with Gasteiger partial charge in [-0.3, -0.25) is 4.79 Å². The molecule has 0 aliphatic rings. The van der Waals surface area contributed by atoms with Crippen LogP contribution in [0.5, 0.6) is 5.75 Å². The minimum Gasteiger partial charge on any atom is -0.435 e. The fourth-order valence-electron chi connectivity index (χ4n) is 2.23. The van der Waals surface area contributed by atoms with Gasteiger partial charge in [-0.1, -0.05) is 42.5 Å². The fourth-order valence-corrected chi connectivity index (χ4v) is 2.23. The van der Waals surface area contributed by atoms with Gasteiger partial charge in [-0.05, 0) is 36.6 Å². The number of hydrogen-bond donors (Lipinski definition) is 1. The van der Waals surface area contributed by atoms with Crippen LogP contribution in [0.1, 0.15) is 30.5 Å². The van der Waals surface area contributed by atoms with Gasteiger partial charge in [0.05, 0.1) is 6.04 Å². The van der Waals surface area contributed by atoms with Gasteiger partial charge in [-0.25, -0.2) is 0 Å². The summed E-state index contributed by atoms with van der Waals surface area (Å²) in [6.07, 6.45) is 0.883. The van der Waals surface area contributed by atoms with Crippen molar-refractivity contribution < 1.29 is 18.3 Å². The van der Waals surface area contributed by atoms with Crippen molar-refractivity contribution in [2.45, 2.75) is 32.4 Å². The van der Waals surface area contributed by atoms with Crippen LogP contribution < -0.4 is 10.1 Å². The Bertz CT molecular complexity index is 615. The highest BCUT2D eigenvalue weighted by Gasteiger charge is 2.09. The molecule has 0 aliphatic carbocycles. The Morgan fingerprint density at radius 1 is 1.09 bits per heavy atom. The number of halogens is 2. The second kappa shape index (κ2) is 8.27.